The van der Waals surface area contributed by atoms with Crippen LogP contribution in [-0.4, -0.2) is 32.8 Å². The lowest BCUT2D eigenvalue weighted by Gasteiger charge is -2.28. The maximum Gasteiger partial charge on any atom is 0.227 e. The molecule has 0 atom stereocenters. The number of hydrogen-bond donors (Lipinski definition) is 2. The molecule has 0 spiro atoms. The van der Waals surface area contributed by atoms with Crippen LogP contribution in [0.3, 0.4) is 0 Å². The smallest absolute Gasteiger partial charge is 0.227 e. The van der Waals surface area contributed by atoms with Gasteiger partial charge in [-0.1, -0.05) is 12.1 Å². The fraction of sp³-hybridized carbons (Fsp3) is 0.381. The van der Waals surface area contributed by atoms with Crippen LogP contribution in [0.1, 0.15) is 37.2 Å². The highest BCUT2D eigenvalue weighted by atomic mass is 32.2. The average Bonchev–Trinajstić information content (AvgIpc) is 2.69. The van der Waals surface area contributed by atoms with Gasteiger partial charge in [-0.3, -0.25) is 4.79 Å². The van der Waals surface area contributed by atoms with Crippen LogP contribution < -0.4 is 10.1 Å². The number of phenols is 1. The summed E-state index contributed by atoms with van der Waals surface area (Å²) < 4.78 is 28.6. The zero-order valence-electron chi connectivity index (χ0n) is 16.0. The maximum atomic E-state index is 12.6. The molecule has 28 heavy (non-hydrogen) atoms. The van der Waals surface area contributed by atoms with Crippen molar-refractivity contribution in [3.05, 3.63) is 48.0 Å². The Morgan fingerprint density at radius 1 is 1.07 bits per heavy atom. The number of amides is 1. The number of ether oxygens (including phenoxy) is 1. The van der Waals surface area contributed by atoms with E-state index in [1.165, 1.54) is 23.8 Å². The van der Waals surface area contributed by atoms with Crippen molar-refractivity contribution in [1.29, 1.82) is 0 Å². The third-order valence-corrected chi connectivity index (χ3v) is 6.44. The van der Waals surface area contributed by atoms with E-state index in [4.69, 9.17) is 4.74 Å². The van der Waals surface area contributed by atoms with E-state index in [1.807, 2.05) is 12.1 Å². The summed E-state index contributed by atoms with van der Waals surface area (Å²) in [6, 6.07) is 12.2. The summed E-state index contributed by atoms with van der Waals surface area (Å²) >= 11 is 0. The van der Waals surface area contributed by atoms with Gasteiger partial charge in [0.15, 0.2) is 9.84 Å². The van der Waals surface area contributed by atoms with Gasteiger partial charge in [-0.15, -0.1) is 0 Å². The largest absolute Gasteiger partial charge is 0.507 e. The summed E-state index contributed by atoms with van der Waals surface area (Å²) in [5, 5.41) is 12.5. The van der Waals surface area contributed by atoms with Crippen LogP contribution in [0.5, 0.6) is 11.5 Å². The van der Waals surface area contributed by atoms with Gasteiger partial charge < -0.3 is 15.2 Å². The second-order valence-electron chi connectivity index (χ2n) is 7.27. The second-order valence-corrected chi connectivity index (χ2v) is 9.25. The number of hydrogen-bond acceptors (Lipinski definition) is 5. The third-order valence-electron chi connectivity index (χ3n) is 5.31. The summed E-state index contributed by atoms with van der Waals surface area (Å²) in [7, 11) is -1.93. The number of sulfone groups is 1. The Hall–Kier alpha value is -2.54. The van der Waals surface area contributed by atoms with Crippen LogP contribution in [-0.2, 0) is 14.6 Å². The van der Waals surface area contributed by atoms with Gasteiger partial charge in [-0.05, 0) is 67.5 Å². The monoisotopic (exact) mass is 403 g/mol. The molecule has 0 saturated heterocycles. The Morgan fingerprint density at radius 2 is 1.71 bits per heavy atom. The van der Waals surface area contributed by atoms with Gasteiger partial charge in [0.05, 0.1) is 7.11 Å². The number of phenolic OH excluding ortho intramolecular Hbond substituents is 1. The fourth-order valence-corrected chi connectivity index (χ4v) is 4.49. The van der Waals surface area contributed by atoms with E-state index < -0.39 is 9.84 Å². The molecule has 1 fully saturated rings. The molecule has 150 valence electrons. The SMILES string of the molecule is COc1ccc(C2CCC(C(=O)Nc3ccc(O)c(S(C)(=O)=O)c3)CC2)cc1. The van der Waals surface area contributed by atoms with Gasteiger partial charge in [-0.2, -0.15) is 0 Å². The lowest BCUT2D eigenvalue weighted by Crippen LogP contribution is -2.26. The number of rotatable bonds is 5. The Morgan fingerprint density at radius 3 is 2.29 bits per heavy atom. The molecule has 2 aromatic rings. The minimum absolute atomic E-state index is 0.106. The van der Waals surface area contributed by atoms with Crippen molar-refractivity contribution in [3.63, 3.8) is 0 Å². The normalized spacial score (nSPS) is 19.8. The van der Waals surface area contributed by atoms with Gasteiger partial charge in [-0.25, -0.2) is 8.42 Å². The zero-order valence-corrected chi connectivity index (χ0v) is 16.8. The number of anilines is 1. The molecule has 0 heterocycles. The summed E-state index contributed by atoms with van der Waals surface area (Å²) in [6.45, 7) is 0. The molecule has 7 heteroatoms. The van der Waals surface area contributed by atoms with Gasteiger partial charge in [0.1, 0.15) is 16.4 Å². The van der Waals surface area contributed by atoms with E-state index in [-0.39, 0.29) is 22.5 Å². The summed E-state index contributed by atoms with van der Waals surface area (Å²) in [5.74, 6) is 0.725. The molecule has 0 aliphatic heterocycles. The van der Waals surface area contributed by atoms with Crippen molar-refractivity contribution < 1.29 is 23.1 Å². The third kappa shape index (κ3) is 4.65. The molecule has 1 aliphatic carbocycles. The Bertz CT molecular complexity index is 945. The van der Waals surface area contributed by atoms with Gasteiger partial charge in [0, 0.05) is 17.9 Å². The van der Waals surface area contributed by atoms with Crippen molar-refractivity contribution in [1.82, 2.24) is 0 Å². The molecule has 0 radical (unpaired) electrons. The number of aromatic hydroxyl groups is 1. The summed E-state index contributed by atoms with van der Waals surface area (Å²) in [4.78, 5) is 12.4. The first-order valence-corrected chi connectivity index (χ1v) is 11.1. The van der Waals surface area contributed by atoms with Crippen LogP contribution in [0, 0.1) is 5.92 Å². The van der Waals surface area contributed by atoms with Crippen LogP contribution in [0.2, 0.25) is 0 Å². The Balaban J connectivity index is 1.61. The van der Waals surface area contributed by atoms with Gasteiger partial charge >= 0.3 is 0 Å². The molecule has 1 amide bonds. The van der Waals surface area contributed by atoms with E-state index in [1.54, 1.807) is 7.11 Å². The first kappa shape index (κ1) is 20.2. The number of carbonyl (C=O) groups excluding carboxylic acids is 1. The quantitative estimate of drug-likeness (QED) is 0.743. The van der Waals surface area contributed by atoms with E-state index in [0.29, 0.717) is 11.6 Å². The lowest BCUT2D eigenvalue weighted by molar-refractivity contribution is -0.120. The zero-order chi connectivity index (χ0) is 20.3. The van der Waals surface area contributed by atoms with Crippen LogP contribution in [0.4, 0.5) is 5.69 Å². The predicted octanol–water partition coefficient (Wildman–Crippen LogP) is 3.72. The van der Waals surface area contributed by atoms with E-state index in [9.17, 15) is 18.3 Å². The topological polar surface area (TPSA) is 92.7 Å². The highest BCUT2D eigenvalue weighted by Gasteiger charge is 2.27. The molecule has 1 saturated carbocycles. The van der Waals surface area contributed by atoms with Crippen molar-refractivity contribution in [2.75, 3.05) is 18.7 Å². The standard InChI is InChI=1S/C21H25NO5S/c1-27-18-10-7-15(8-11-18)14-3-5-16(6-4-14)21(24)22-17-9-12-19(23)20(13-17)28(2,25)26/h7-14,16,23H,3-6H2,1-2H3,(H,22,24). The van der Waals surface area contributed by atoms with Crippen LogP contribution in [0.25, 0.3) is 0 Å². The van der Waals surface area contributed by atoms with E-state index in [0.717, 1.165) is 37.7 Å². The highest BCUT2D eigenvalue weighted by molar-refractivity contribution is 7.90. The highest BCUT2D eigenvalue weighted by Crippen LogP contribution is 2.37. The van der Waals surface area contributed by atoms with Gasteiger partial charge in [0.25, 0.3) is 0 Å². The average molecular weight is 404 g/mol. The minimum Gasteiger partial charge on any atom is -0.507 e. The van der Waals surface area contributed by atoms with Crippen molar-refractivity contribution in [2.45, 2.75) is 36.5 Å². The molecule has 0 bridgehead atoms. The summed E-state index contributed by atoms with van der Waals surface area (Å²) in [5.41, 5.74) is 1.64. The molecule has 1 aliphatic rings. The van der Waals surface area contributed by atoms with Crippen molar-refractivity contribution in [2.24, 2.45) is 5.92 Å². The fourth-order valence-electron chi connectivity index (χ4n) is 3.70. The first-order valence-electron chi connectivity index (χ1n) is 9.26. The predicted molar refractivity (Wildman–Crippen MR) is 108 cm³/mol. The molecular weight excluding hydrogens is 378 g/mol. The Labute approximate surface area is 165 Å². The minimum atomic E-state index is -3.57. The number of carbonyl (C=O) groups is 1. The van der Waals surface area contributed by atoms with Gasteiger partial charge in [0.2, 0.25) is 5.91 Å². The molecule has 3 rings (SSSR count). The second kappa shape index (κ2) is 8.22. The maximum absolute atomic E-state index is 12.6. The first-order chi connectivity index (χ1) is 13.3. The van der Waals surface area contributed by atoms with E-state index >= 15 is 0 Å². The molecule has 0 unspecified atom stereocenters. The molecule has 2 aromatic carbocycles. The number of benzene rings is 2. The van der Waals surface area contributed by atoms with E-state index in [2.05, 4.69) is 17.4 Å². The van der Waals surface area contributed by atoms with Crippen LogP contribution >= 0.6 is 0 Å². The lowest BCUT2D eigenvalue weighted by atomic mass is 9.78. The van der Waals surface area contributed by atoms with Crippen LogP contribution in [0.15, 0.2) is 47.4 Å². The Kier molecular flexibility index (Phi) is 5.93. The van der Waals surface area contributed by atoms with Crippen molar-refractivity contribution >= 4 is 21.4 Å². The summed E-state index contributed by atoms with van der Waals surface area (Å²) in [6.07, 6.45) is 4.43. The molecule has 6 nitrogen and oxygen atoms in total. The molecule has 2 N–H and O–H groups in total. The number of methoxy groups -OCH3 is 1. The number of nitrogens with one attached hydrogen (secondary N) is 1. The molecular formula is C21H25NO5S. The molecule has 0 aromatic heterocycles. The van der Waals surface area contributed by atoms with Crippen molar-refractivity contribution in [3.8, 4) is 11.5 Å².